The van der Waals surface area contributed by atoms with E-state index in [9.17, 15) is 4.79 Å². The van der Waals surface area contributed by atoms with Crippen LogP contribution < -0.4 is 0 Å². The van der Waals surface area contributed by atoms with Gasteiger partial charge in [-0.1, -0.05) is 6.92 Å². The van der Waals surface area contributed by atoms with Crippen LogP contribution >= 0.6 is 0 Å². The fraction of sp³-hybridized carbons (Fsp3) is 0.778. The smallest absolute Gasteiger partial charge is 0.120 e. The summed E-state index contributed by atoms with van der Waals surface area (Å²) in [4.78, 5) is 10.0. The zero-order valence-corrected chi connectivity index (χ0v) is 7.01. The van der Waals surface area contributed by atoms with Crippen molar-refractivity contribution in [3.8, 4) is 0 Å². The highest BCUT2D eigenvalue weighted by molar-refractivity contribution is 5.51. The molecule has 2 heteroatoms. The monoisotopic (exact) mass is 155 g/mol. The molecule has 0 saturated carbocycles. The molecule has 0 unspecified atom stereocenters. The molecule has 0 aromatic carbocycles. The molecular formula is C9H15O2. The fourth-order valence-corrected chi connectivity index (χ4v) is 1.31. The number of rotatable bonds is 5. The predicted octanol–water partition coefficient (Wildman–Crippen LogP) is 1.60. The second-order valence-corrected chi connectivity index (χ2v) is 3.24. The van der Waals surface area contributed by atoms with E-state index in [4.69, 9.17) is 4.74 Å². The van der Waals surface area contributed by atoms with Gasteiger partial charge in [0, 0.05) is 11.8 Å². The molecule has 1 heterocycles. The van der Waals surface area contributed by atoms with Crippen molar-refractivity contribution in [1.82, 2.24) is 0 Å². The highest BCUT2D eigenvalue weighted by Crippen LogP contribution is 2.35. The highest BCUT2D eigenvalue weighted by Gasteiger charge is 2.35. The number of carbonyl (C=O) groups is 1. The van der Waals surface area contributed by atoms with Crippen molar-refractivity contribution < 1.29 is 9.53 Å². The maximum atomic E-state index is 10.0. The van der Waals surface area contributed by atoms with E-state index in [1.165, 1.54) is 0 Å². The van der Waals surface area contributed by atoms with Crippen LogP contribution in [0.4, 0.5) is 0 Å². The molecule has 0 aliphatic carbocycles. The third kappa shape index (κ3) is 2.03. The second-order valence-electron chi connectivity index (χ2n) is 3.24. The zero-order valence-electron chi connectivity index (χ0n) is 7.01. The normalized spacial score (nSPS) is 20.8. The Labute approximate surface area is 67.9 Å². The average Bonchev–Trinajstić information content (AvgIpc) is 1.95. The number of unbranched alkanes of at least 4 members (excludes halogenated alkanes) is 1. The van der Waals surface area contributed by atoms with Crippen molar-refractivity contribution in [2.24, 2.45) is 5.41 Å². The zero-order chi connectivity index (χ0) is 8.16. The molecule has 0 aromatic rings. The van der Waals surface area contributed by atoms with E-state index >= 15 is 0 Å². The highest BCUT2D eigenvalue weighted by atomic mass is 16.5. The third-order valence-electron chi connectivity index (χ3n) is 2.41. The largest absolute Gasteiger partial charge is 0.380 e. The van der Waals surface area contributed by atoms with E-state index in [2.05, 4.69) is 13.3 Å². The Hall–Kier alpha value is -0.370. The summed E-state index contributed by atoms with van der Waals surface area (Å²) in [6, 6.07) is 0. The summed E-state index contributed by atoms with van der Waals surface area (Å²) in [6.07, 6.45) is 5.77. The van der Waals surface area contributed by atoms with Gasteiger partial charge < -0.3 is 9.53 Å². The van der Waals surface area contributed by atoms with Crippen molar-refractivity contribution in [1.29, 1.82) is 0 Å². The lowest BCUT2D eigenvalue weighted by Gasteiger charge is -2.40. The summed E-state index contributed by atoms with van der Waals surface area (Å²) >= 11 is 0. The Balaban J connectivity index is 2.16. The van der Waals surface area contributed by atoms with E-state index in [0.29, 0.717) is 11.8 Å². The van der Waals surface area contributed by atoms with Crippen LogP contribution in [0.1, 0.15) is 26.2 Å². The molecule has 1 rings (SSSR count). The summed E-state index contributed by atoms with van der Waals surface area (Å²) in [6.45, 7) is 3.93. The molecule has 1 aliphatic heterocycles. The quantitative estimate of drug-likeness (QED) is 0.445. The van der Waals surface area contributed by atoms with Gasteiger partial charge in [0.15, 0.2) is 0 Å². The summed E-state index contributed by atoms with van der Waals surface area (Å²) in [5.41, 5.74) is 0.378. The van der Waals surface area contributed by atoms with Crippen LogP contribution in [-0.2, 0) is 9.53 Å². The molecule has 1 radical (unpaired) electrons. The average molecular weight is 155 g/mol. The molecule has 0 aromatic heterocycles. The van der Waals surface area contributed by atoms with E-state index in [0.717, 1.165) is 32.3 Å². The molecule has 1 aliphatic rings. The summed E-state index contributed by atoms with van der Waals surface area (Å²) in [5.74, 6) is 0. The molecule has 0 amide bonds. The minimum atomic E-state index is 0.378. The van der Waals surface area contributed by atoms with Crippen LogP contribution in [0.5, 0.6) is 0 Å². The molecule has 0 bridgehead atoms. The van der Waals surface area contributed by atoms with Gasteiger partial charge in [-0.15, -0.1) is 0 Å². The molecule has 11 heavy (non-hydrogen) atoms. The van der Waals surface area contributed by atoms with Gasteiger partial charge in [-0.05, 0) is 19.3 Å². The lowest BCUT2D eigenvalue weighted by atomic mass is 9.79. The van der Waals surface area contributed by atoms with Crippen LogP contribution in [0, 0.1) is 11.8 Å². The first-order valence-electron chi connectivity index (χ1n) is 4.16. The molecule has 2 nitrogen and oxygen atoms in total. The van der Waals surface area contributed by atoms with Gasteiger partial charge >= 0.3 is 0 Å². The van der Waals surface area contributed by atoms with E-state index in [1.807, 2.05) is 0 Å². The van der Waals surface area contributed by atoms with Gasteiger partial charge in [-0.3, -0.25) is 0 Å². The van der Waals surface area contributed by atoms with Crippen LogP contribution in [0.2, 0.25) is 0 Å². The van der Waals surface area contributed by atoms with Crippen LogP contribution in [0.3, 0.4) is 0 Å². The Kier molecular flexibility index (Phi) is 3.06. The predicted molar refractivity (Wildman–Crippen MR) is 43.1 cm³/mol. The summed E-state index contributed by atoms with van der Waals surface area (Å²) < 4.78 is 5.15. The van der Waals surface area contributed by atoms with Crippen molar-refractivity contribution in [2.75, 3.05) is 13.2 Å². The molecule has 63 valence electrons. The van der Waals surface area contributed by atoms with Crippen molar-refractivity contribution in [2.45, 2.75) is 26.2 Å². The van der Waals surface area contributed by atoms with Gasteiger partial charge in [-0.25, -0.2) is 0 Å². The standard InChI is InChI=1S/C9H15O2/c1-2-9(7-11-8-9)5-3-4-6-10/h3,6H,2,4-5,7-8H2,1H3. The van der Waals surface area contributed by atoms with E-state index in [1.54, 1.807) is 0 Å². The number of ether oxygens (including phenoxy) is 1. The first-order valence-corrected chi connectivity index (χ1v) is 4.16. The van der Waals surface area contributed by atoms with Crippen LogP contribution in [0.25, 0.3) is 0 Å². The molecule has 1 saturated heterocycles. The summed E-state index contributed by atoms with van der Waals surface area (Å²) in [5, 5.41) is 0. The van der Waals surface area contributed by atoms with Crippen molar-refractivity contribution in [3.05, 3.63) is 6.42 Å². The Morgan fingerprint density at radius 2 is 2.27 bits per heavy atom. The van der Waals surface area contributed by atoms with Crippen molar-refractivity contribution >= 4 is 6.29 Å². The molecule has 0 N–H and O–H groups in total. The number of aldehydes is 1. The van der Waals surface area contributed by atoms with Gasteiger partial charge in [-0.2, -0.15) is 0 Å². The molecule has 0 spiro atoms. The lowest BCUT2D eigenvalue weighted by molar-refractivity contribution is -0.116. The van der Waals surface area contributed by atoms with Gasteiger partial charge in [0.2, 0.25) is 0 Å². The van der Waals surface area contributed by atoms with Crippen LogP contribution in [0.15, 0.2) is 0 Å². The third-order valence-corrected chi connectivity index (χ3v) is 2.41. The number of hydrogen-bond donors (Lipinski definition) is 0. The van der Waals surface area contributed by atoms with E-state index < -0.39 is 0 Å². The molecule has 0 atom stereocenters. The van der Waals surface area contributed by atoms with Gasteiger partial charge in [0.05, 0.1) is 13.2 Å². The maximum absolute atomic E-state index is 10.0. The minimum Gasteiger partial charge on any atom is -0.380 e. The molecule has 1 fully saturated rings. The second kappa shape index (κ2) is 3.86. The van der Waals surface area contributed by atoms with Gasteiger partial charge in [0.1, 0.15) is 6.29 Å². The first kappa shape index (κ1) is 8.72. The Morgan fingerprint density at radius 3 is 2.64 bits per heavy atom. The number of hydrogen-bond acceptors (Lipinski definition) is 2. The lowest BCUT2D eigenvalue weighted by Crippen LogP contribution is -2.41. The van der Waals surface area contributed by atoms with Gasteiger partial charge in [0.25, 0.3) is 0 Å². The van der Waals surface area contributed by atoms with Crippen LogP contribution in [-0.4, -0.2) is 19.5 Å². The van der Waals surface area contributed by atoms with Crippen molar-refractivity contribution in [3.63, 3.8) is 0 Å². The minimum absolute atomic E-state index is 0.378. The Morgan fingerprint density at radius 1 is 1.55 bits per heavy atom. The van der Waals surface area contributed by atoms with E-state index in [-0.39, 0.29) is 0 Å². The SMILES string of the molecule is CCC1(C[CH]CC=O)COC1. The summed E-state index contributed by atoms with van der Waals surface area (Å²) in [7, 11) is 0. The fourth-order valence-electron chi connectivity index (χ4n) is 1.31. The maximum Gasteiger partial charge on any atom is 0.120 e. The Bertz CT molecular complexity index is 122. The molecular weight excluding hydrogens is 140 g/mol. The topological polar surface area (TPSA) is 26.3 Å². The number of carbonyl (C=O) groups excluding carboxylic acids is 1. The first-order chi connectivity index (χ1) is 5.33.